The highest BCUT2D eigenvalue weighted by Gasteiger charge is 2.33. The maximum absolute atomic E-state index is 13.8. The molecule has 3 aromatic rings. The summed E-state index contributed by atoms with van der Waals surface area (Å²) in [6.07, 6.45) is -2.78. The van der Waals surface area contributed by atoms with Crippen LogP contribution in [0.5, 0.6) is 5.75 Å². The van der Waals surface area contributed by atoms with E-state index in [4.69, 9.17) is 4.74 Å². The Labute approximate surface area is 160 Å². The number of para-hydroxylation sites is 1. The Balaban J connectivity index is 1.86. The molecule has 0 radical (unpaired) electrons. The number of alkyl halides is 3. The molecule has 1 aromatic heterocycles. The van der Waals surface area contributed by atoms with Gasteiger partial charge >= 0.3 is 6.18 Å². The molecule has 0 aliphatic carbocycles. The van der Waals surface area contributed by atoms with Crippen LogP contribution < -0.4 is 15.6 Å². The number of hydrogen-bond acceptors (Lipinski definition) is 4. The minimum absolute atomic E-state index is 0.0494. The molecule has 0 spiro atoms. The van der Waals surface area contributed by atoms with Crippen molar-refractivity contribution in [2.24, 2.45) is 5.10 Å². The van der Waals surface area contributed by atoms with Gasteiger partial charge in [0.05, 0.1) is 24.4 Å². The zero-order valence-electron chi connectivity index (χ0n) is 14.8. The molecule has 6 nitrogen and oxygen atoms in total. The Kier molecular flexibility index (Phi) is 5.35. The summed E-state index contributed by atoms with van der Waals surface area (Å²) in [6.45, 7) is 0. The van der Waals surface area contributed by atoms with Crippen molar-refractivity contribution in [1.29, 1.82) is 0 Å². The number of fused-ring (bicyclic) bond motifs is 1. The van der Waals surface area contributed by atoms with Crippen LogP contribution in [0.1, 0.15) is 21.5 Å². The van der Waals surface area contributed by atoms with Gasteiger partial charge in [-0.1, -0.05) is 6.07 Å². The van der Waals surface area contributed by atoms with E-state index in [0.717, 1.165) is 30.6 Å². The first kappa shape index (κ1) is 20.1. The number of amides is 1. The number of nitrogens with one attached hydrogen (secondary N) is 2. The van der Waals surface area contributed by atoms with E-state index in [2.05, 4.69) is 10.1 Å². The Morgan fingerprint density at radius 2 is 2.00 bits per heavy atom. The lowest BCUT2D eigenvalue weighted by atomic mass is 10.1. The molecule has 1 heterocycles. The summed E-state index contributed by atoms with van der Waals surface area (Å²) < 4.78 is 57.9. The van der Waals surface area contributed by atoms with Gasteiger partial charge in [-0.3, -0.25) is 9.59 Å². The monoisotopic (exact) mass is 407 g/mol. The number of carbonyl (C=O) groups excluding carboxylic acids is 1. The third kappa shape index (κ3) is 4.10. The minimum Gasteiger partial charge on any atom is -0.497 e. The Bertz CT molecular complexity index is 1170. The molecule has 0 unspecified atom stereocenters. The second-order valence-corrected chi connectivity index (χ2v) is 5.84. The van der Waals surface area contributed by atoms with Crippen molar-refractivity contribution < 1.29 is 27.1 Å². The fourth-order valence-corrected chi connectivity index (χ4v) is 2.62. The summed E-state index contributed by atoms with van der Waals surface area (Å²) in [4.78, 5) is 27.0. The van der Waals surface area contributed by atoms with E-state index in [1.807, 2.05) is 5.43 Å². The molecule has 0 fully saturated rings. The van der Waals surface area contributed by atoms with Crippen molar-refractivity contribution in [3.8, 4) is 5.75 Å². The van der Waals surface area contributed by atoms with Crippen molar-refractivity contribution in [2.45, 2.75) is 6.18 Å². The zero-order valence-corrected chi connectivity index (χ0v) is 14.8. The lowest BCUT2D eigenvalue weighted by molar-refractivity contribution is -0.136. The summed E-state index contributed by atoms with van der Waals surface area (Å²) in [7, 11) is 1.38. The molecule has 0 saturated heterocycles. The number of carbonyl (C=O) groups is 1. The van der Waals surface area contributed by atoms with Crippen LogP contribution in [-0.2, 0) is 6.18 Å². The standard InChI is InChI=1S/C19H13F4N3O3/c1-29-11-6-5-10(15(20)7-11)8-25-26-18(28)13-9-24-16-12(17(13)27)3-2-4-14(16)19(21,22)23/h2-9H,1H3,(H,24,27)(H,26,28)/b25-8-. The average molecular weight is 407 g/mol. The maximum Gasteiger partial charge on any atom is 0.418 e. The lowest BCUT2D eigenvalue weighted by Crippen LogP contribution is -2.25. The first-order valence-corrected chi connectivity index (χ1v) is 8.11. The number of methoxy groups -OCH3 is 1. The highest BCUT2D eigenvalue weighted by Crippen LogP contribution is 2.32. The zero-order chi connectivity index (χ0) is 21.2. The Morgan fingerprint density at radius 3 is 2.66 bits per heavy atom. The summed E-state index contributed by atoms with van der Waals surface area (Å²) >= 11 is 0. The number of H-pyrrole nitrogens is 1. The van der Waals surface area contributed by atoms with Crippen molar-refractivity contribution in [1.82, 2.24) is 10.4 Å². The van der Waals surface area contributed by atoms with Gasteiger partial charge in [0.2, 0.25) is 5.43 Å². The van der Waals surface area contributed by atoms with Crippen LogP contribution in [0.25, 0.3) is 10.9 Å². The molecule has 1 amide bonds. The maximum atomic E-state index is 13.8. The fraction of sp³-hybridized carbons (Fsp3) is 0.105. The summed E-state index contributed by atoms with van der Waals surface area (Å²) in [5.41, 5.74) is -0.689. The molecular weight excluding hydrogens is 394 g/mol. The predicted molar refractivity (Wildman–Crippen MR) is 97.6 cm³/mol. The highest BCUT2D eigenvalue weighted by molar-refractivity contribution is 5.98. The van der Waals surface area contributed by atoms with Crippen molar-refractivity contribution in [3.05, 3.63) is 75.3 Å². The van der Waals surface area contributed by atoms with Crippen LogP contribution in [0.3, 0.4) is 0 Å². The molecule has 0 bridgehead atoms. The number of pyridine rings is 1. The minimum atomic E-state index is -4.67. The van der Waals surface area contributed by atoms with Crippen LogP contribution in [-0.4, -0.2) is 24.2 Å². The molecule has 0 saturated carbocycles. The topological polar surface area (TPSA) is 83.5 Å². The number of hydrogen-bond donors (Lipinski definition) is 2. The molecule has 0 aliphatic heterocycles. The molecule has 2 N–H and O–H groups in total. The van der Waals surface area contributed by atoms with Gasteiger partial charge in [0.15, 0.2) is 0 Å². The quantitative estimate of drug-likeness (QED) is 0.395. The summed E-state index contributed by atoms with van der Waals surface area (Å²) in [5.74, 6) is -1.31. The number of ether oxygens (including phenoxy) is 1. The van der Waals surface area contributed by atoms with Crippen LogP contribution in [0, 0.1) is 5.82 Å². The van der Waals surface area contributed by atoms with E-state index in [1.165, 1.54) is 25.3 Å². The van der Waals surface area contributed by atoms with E-state index in [-0.39, 0.29) is 10.9 Å². The highest BCUT2D eigenvalue weighted by atomic mass is 19.4. The molecule has 3 rings (SSSR count). The van der Waals surface area contributed by atoms with E-state index >= 15 is 0 Å². The first-order chi connectivity index (χ1) is 13.7. The van der Waals surface area contributed by atoms with Gasteiger partial charge < -0.3 is 9.72 Å². The number of hydrazone groups is 1. The Morgan fingerprint density at radius 1 is 1.24 bits per heavy atom. The molecule has 29 heavy (non-hydrogen) atoms. The van der Waals surface area contributed by atoms with E-state index in [0.29, 0.717) is 5.75 Å². The number of aromatic nitrogens is 1. The van der Waals surface area contributed by atoms with Gasteiger partial charge in [-0.05, 0) is 24.3 Å². The van der Waals surface area contributed by atoms with Crippen LogP contribution in [0.15, 0.2) is 52.5 Å². The van der Waals surface area contributed by atoms with Crippen LogP contribution in [0.2, 0.25) is 0 Å². The van der Waals surface area contributed by atoms with Crippen LogP contribution >= 0.6 is 0 Å². The normalized spacial score (nSPS) is 11.8. The number of nitrogens with zero attached hydrogens (tertiary/aromatic N) is 1. The smallest absolute Gasteiger partial charge is 0.418 e. The van der Waals surface area contributed by atoms with Gasteiger partial charge in [0.1, 0.15) is 17.1 Å². The molecule has 0 aliphatic rings. The van der Waals surface area contributed by atoms with Crippen LogP contribution in [0.4, 0.5) is 17.6 Å². The lowest BCUT2D eigenvalue weighted by Gasteiger charge is -2.10. The summed E-state index contributed by atoms with van der Waals surface area (Å²) in [5, 5.41) is 3.28. The predicted octanol–water partition coefficient (Wildman–Crippen LogP) is 3.46. The van der Waals surface area contributed by atoms with Crippen molar-refractivity contribution in [3.63, 3.8) is 0 Å². The number of aromatic amines is 1. The number of rotatable bonds is 4. The van der Waals surface area contributed by atoms with E-state index in [1.54, 1.807) is 0 Å². The largest absolute Gasteiger partial charge is 0.497 e. The molecular formula is C19H13F4N3O3. The number of benzene rings is 2. The third-order valence-corrected chi connectivity index (χ3v) is 4.04. The van der Waals surface area contributed by atoms with Crippen molar-refractivity contribution in [2.75, 3.05) is 7.11 Å². The SMILES string of the molecule is COc1ccc(/C=N\NC(=O)c2c[nH]c3c(C(F)(F)F)cccc3c2=O)c(F)c1. The molecule has 10 heteroatoms. The van der Waals surface area contributed by atoms with Gasteiger partial charge in [0.25, 0.3) is 5.91 Å². The Hall–Kier alpha value is -3.69. The number of halogens is 4. The van der Waals surface area contributed by atoms with E-state index < -0.39 is 40.0 Å². The second-order valence-electron chi connectivity index (χ2n) is 5.84. The summed E-state index contributed by atoms with van der Waals surface area (Å²) in [6, 6.07) is 7.05. The molecule has 150 valence electrons. The van der Waals surface area contributed by atoms with Crippen molar-refractivity contribution >= 4 is 23.0 Å². The van der Waals surface area contributed by atoms with Gasteiger partial charge in [-0.25, -0.2) is 9.82 Å². The molecule has 2 aromatic carbocycles. The first-order valence-electron chi connectivity index (χ1n) is 8.11. The second kappa shape index (κ2) is 7.74. The van der Waals surface area contributed by atoms with E-state index in [9.17, 15) is 27.2 Å². The van der Waals surface area contributed by atoms with Gasteiger partial charge in [0, 0.05) is 23.2 Å². The van der Waals surface area contributed by atoms with Gasteiger partial charge in [-0.15, -0.1) is 0 Å². The third-order valence-electron chi connectivity index (χ3n) is 4.04. The fourth-order valence-electron chi connectivity index (χ4n) is 2.62. The molecule has 0 atom stereocenters. The average Bonchev–Trinajstić information content (AvgIpc) is 2.68. The van der Waals surface area contributed by atoms with Gasteiger partial charge in [-0.2, -0.15) is 18.3 Å².